The van der Waals surface area contributed by atoms with Gasteiger partial charge in [0.05, 0.1) is 17.3 Å². The molecule has 1 aliphatic carbocycles. The Morgan fingerprint density at radius 3 is 2.09 bits per heavy atom. The van der Waals surface area contributed by atoms with Gasteiger partial charge in [0.15, 0.2) is 0 Å². The molecular weight excluding hydrogens is 140 g/mol. The Balaban J connectivity index is 2.00. The molecule has 64 valence electrons. The van der Waals surface area contributed by atoms with E-state index in [0.717, 1.165) is 25.7 Å². The Labute approximate surface area is 67.6 Å². The highest BCUT2D eigenvalue weighted by Gasteiger charge is 2.63. The number of aliphatic hydroxyl groups excluding tert-OH is 1. The molecule has 0 amide bonds. The average molecular weight is 156 g/mol. The molecule has 1 saturated heterocycles. The van der Waals surface area contributed by atoms with E-state index in [0.29, 0.717) is 0 Å². The summed E-state index contributed by atoms with van der Waals surface area (Å²) in [6, 6.07) is 0. The van der Waals surface area contributed by atoms with Crippen molar-refractivity contribution in [2.45, 2.75) is 56.8 Å². The maximum absolute atomic E-state index is 9.28. The predicted octanol–water partition coefficient (Wildman–Crippen LogP) is 1.47. The first-order valence-corrected chi connectivity index (χ1v) is 4.44. The van der Waals surface area contributed by atoms with Crippen LogP contribution in [0.2, 0.25) is 0 Å². The van der Waals surface area contributed by atoms with Crippen LogP contribution in [0.3, 0.4) is 0 Å². The van der Waals surface area contributed by atoms with E-state index in [9.17, 15) is 5.11 Å². The molecule has 11 heavy (non-hydrogen) atoms. The molecule has 2 aliphatic rings. The Kier molecular flexibility index (Phi) is 1.37. The van der Waals surface area contributed by atoms with Gasteiger partial charge in [-0.15, -0.1) is 0 Å². The van der Waals surface area contributed by atoms with Gasteiger partial charge in [0, 0.05) is 0 Å². The lowest BCUT2D eigenvalue weighted by Gasteiger charge is -2.24. The summed E-state index contributed by atoms with van der Waals surface area (Å²) in [6.07, 6.45) is 3.86. The number of epoxide rings is 1. The summed E-state index contributed by atoms with van der Waals surface area (Å²) in [5.41, 5.74) is 0.235. The van der Waals surface area contributed by atoms with Crippen LogP contribution in [0, 0.1) is 0 Å². The molecule has 2 nitrogen and oxygen atoms in total. The van der Waals surface area contributed by atoms with E-state index in [1.807, 2.05) is 0 Å². The molecule has 0 aromatic rings. The minimum Gasteiger partial charge on any atom is -0.393 e. The molecule has 1 aliphatic heterocycles. The summed E-state index contributed by atoms with van der Waals surface area (Å²) in [7, 11) is 0. The minimum absolute atomic E-state index is 0.0689. The van der Waals surface area contributed by atoms with E-state index in [2.05, 4.69) is 13.8 Å². The van der Waals surface area contributed by atoms with Gasteiger partial charge >= 0.3 is 0 Å². The van der Waals surface area contributed by atoms with E-state index >= 15 is 0 Å². The van der Waals surface area contributed by atoms with Crippen molar-refractivity contribution in [1.29, 1.82) is 0 Å². The molecule has 0 unspecified atom stereocenters. The lowest BCUT2D eigenvalue weighted by molar-refractivity contribution is 0.0921. The van der Waals surface area contributed by atoms with E-state index in [1.54, 1.807) is 0 Å². The van der Waals surface area contributed by atoms with Gasteiger partial charge in [0.2, 0.25) is 0 Å². The lowest BCUT2D eigenvalue weighted by atomic mass is 9.80. The summed E-state index contributed by atoms with van der Waals surface area (Å²) in [6.45, 7) is 4.29. The third-order valence-corrected chi connectivity index (χ3v) is 3.27. The van der Waals surface area contributed by atoms with Crippen molar-refractivity contribution in [3.05, 3.63) is 0 Å². The molecule has 0 bridgehead atoms. The Hall–Kier alpha value is -0.0800. The first-order valence-electron chi connectivity index (χ1n) is 4.44. The molecular formula is C9H16O2. The van der Waals surface area contributed by atoms with Gasteiger partial charge in [-0.2, -0.15) is 0 Å². The zero-order valence-corrected chi connectivity index (χ0v) is 7.26. The van der Waals surface area contributed by atoms with Gasteiger partial charge in [-0.1, -0.05) is 0 Å². The second-order valence-corrected chi connectivity index (χ2v) is 4.34. The highest BCUT2D eigenvalue weighted by Crippen LogP contribution is 2.55. The Morgan fingerprint density at radius 2 is 1.73 bits per heavy atom. The van der Waals surface area contributed by atoms with E-state index in [-0.39, 0.29) is 17.3 Å². The summed E-state index contributed by atoms with van der Waals surface area (Å²) < 4.78 is 5.67. The minimum atomic E-state index is -0.0689. The Morgan fingerprint density at radius 1 is 1.27 bits per heavy atom. The van der Waals surface area contributed by atoms with Gasteiger partial charge < -0.3 is 9.84 Å². The fourth-order valence-electron chi connectivity index (χ4n) is 2.24. The van der Waals surface area contributed by atoms with Crippen LogP contribution in [-0.2, 0) is 4.74 Å². The molecule has 0 radical (unpaired) electrons. The molecule has 1 heterocycles. The number of ether oxygens (including phenoxy) is 1. The van der Waals surface area contributed by atoms with Crippen molar-refractivity contribution >= 4 is 0 Å². The predicted molar refractivity (Wildman–Crippen MR) is 42.4 cm³/mol. The van der Waals surface area contributed by atoms with Crippen molar-refractivity contribution in [3.63, 3.8) is 0 Å². The van der Waals surface area contributed by atoms with Crippen molar-refractivity contribution in [1.82, 2.24) is 0 Å². The highest BCUT2D eigenvalue weighted by molar-refractivity contribution is 5.12. The smallest absolute Gasteiger partial charge is 0.0976 e. The highest BCUT2D eigenvalue weighted by atomic mass is 16.6. The van der Waals surface area contributed by atoms with Gasteiger partial charge in [-0.05, 0) is 39.5 Å². The molecule has 1 saturated carbocycles. The van der Waals surface area contributed by atoms with Crippen LogP contribution in [0.4, 0.5) is 0 Å². The first kappa shape index (κ1) is 7.56. The second-order valence-electron chi connectivity index (χ2n) is 4.34. The number of rotatable bonds is 0. The van der Waals surface area contributed by atoms with E-state index in [4.69, 9.17) is 4.74 Å². The monoisotopic (exact) mass is 156 g/mol. The zero-order valence-electron chi connectivity index (χ0n) is 7.26. The standard InChI is InChI=1S/C9H16O2/c1-8(2)9(11-8)5-3-7(10)4-6-9/h7,10H,3-6H2,1-2H3. The van der Waals surface area contributed by atoms with Crippen LogP contribution in [-0.4, -0.2) is 22.4 Å². The third kappa shape index (κ3) is 1.00. The van der Waals surface area contributed by atoms with Crippen LogP contribution in [0.5, 0.6) is 0 Å². The summed E-state index contributed by atoms with van der Waals surface area (Å²) >= 11 is 0. The maximum Gasteiger partial charge on any atom is 0.0976 e. The van der Waals surface area contributed by atoms with Crippen molar-refractivity contribution in [2.24, 2.45) is 0 Å². The molecule has 0 aromatic carbocycles. The van der Waals surface area contributed by atoms with Crippen molar-refractivity contribution in [2.75, 3.05) is 0 Å². The molecule has 2 rings (SSSR count). The normalized spacial score (nSPS) is 47.7. The SMILES string of the molecule is CC1(C)OC12CCC(O)CC2. The number of hydrogen-bond acceptors (Lipinski definition) is 2. The number of aliphatic hydroxyl groups is 1. The fraction of sp³-hybridized carbons (Fsp3) is 1.00. The fourth-order valence-corrected chi connectivity index (χ4v) is 2.24. The summed E-state index contributed by atoms with van der Waals surface area (Å²) in [4.78, 5) is 0. The van der Waals surface area contributed by atoms with Crippen LogP contribution in [0.1, 0.15) is 39.5 Å². The molecule has 0 aromatic heterocycles. The van der Waals surface area contributed by atoms with Gasteiger partial charge in [-0.25, -0.2) is 0 Å². The Bertz CT molecular complexity index is 166. The van der Waals surface area contributed by atoms with Crippen LogP contribution in [0.15, 0.2) is 0 Å². The second kappa shape index (κ2) is 1.99. The van der Waals surface area contributed by atoms with Gasteiger partial charge in [0.25, 0.3) is 0 Å². The summed E-state index contributed by atoms with van der Waals surface area (Å²) in [5.74, 6) is 0. The first-order chi connectivity index (χ1) is 5.06. The zero-order chi connectivity index (χ0) is 8.11. The van der Waals surface area contributed by atoms with Gasteiger partial charge in [-0.3, -0.25) is 0 Å². The number of hydrogen-bond donors (Lipinski definition) is 1. The summed E-state index contributed by atoms with van der Waals surface area (Å²) in [5, 5.41) is 9.28. The topological polar surface area (TPSA) is 32.8 Å². The third-order valence-electron chi connectivity index (χ3n) is 3.27. The van der Waals surface area contributed by atoms with Crippen molar-refractivity contribution in [3.8, 4) is 0 Å². The molecule has 1 N–H and O–H groups in total. The van der Waals surface area contributed by atoms with Crippen LogP contribution >= 0.6 is 0 Å². The maximum atomic E-state index is 9.28. The quantitative estimate of drug-likeness (QED) is 0.539. The largest absolute Gasteiger partial charge is 0.393 e. The molecule has 2 heteroatoms. The van der Waals surface area contributed by atoms with Gasteiger partial charge in [0.1, 0.15) is 0 Å². The average Bonchev–Trinajstić information content (AvgIpc) is 2.44. The lowest BCUT2D eigenvalue weighted by Crippen LogP contribution is -2.29. The van der Waals surface area contributed by atoms with Crippen molar-refractivity contribution < 1.29 is 9.84 Å². The van der Waals surface area contributed by atoms with E-state index in [1.165, 1.54) is 0 Å². The van der Waals surface area contributed by atoms with Crippen LogP contribution in [0.25, 0.3) is 0 Å². The molecule has 2 fully saturated rings. The molecule has 0 atom stereocenters. The van der Waals surface area contributed by atoms with Crippen LogP contribution < -0.4 is 0 Å². The molecule has 1 spiro atoms. The van der Waals surface area contributed by atoms with E-state index < -0.39 is 0 Å².